The van der Waals surface area contributed by atoms with Gasteiger partial charge in [-0.25, -0.2) is 4.79 Å². The van der Waals surface area contributed by atoms with Crippen molar-refractivity contribution in [3.63, 3.8) is 0 Å². The number of nitrogens with two attached hydrogens (primary N) is 1. The monoisotopic (exact) mass is 1710 g/mol. The van der Waals surface area contributed by atoms with Crippen LogP contribution in [-0.2, 0) is 49.5 Å². The van der Waals surface area contributed by atoms with E-state index in [1.54, 1.807) is 18.2 Å². The largest absolute Gasteiger partial charge is 0.508 e. The molecular weight excluding hydrogens is 1600 g/mol. The van der Waals surface area contributed by atoms with E-state index in [2.05, 4.69) is 63.8 Å². The van der Waals surface area contributed by atoms with Crippen LogP contribution in [0.3, 0.4) is 0 Å². The van der Waals surface area contributed by atoms with Gasteiger partial charge in [-0.2, -0.15) is 0 Å². The van der Waals surface area contributed by atoms with Gasteiger partial charge in [0.15, 0.2) is 11.5 Å². The second kappa shape index (κ2) is 38.6. The average Bonchev–Trinajstić information content (AvgIpc) is 0.757. The summed E-state index contributed by atoms with van der Waals surface area (Å²) in [6.07, 6.45) is -8.66. The van der Waals surface area contributed by atoms with E-state index in [0.717, 1.165) is 93.1 Å². The van der Waals surface area contributed by atoms with Gasteiger partial charge in [-0.3, -0.25) is 43.7 Å². The molecule has 0 radical (unpaired) electrons. The predicted molar refractivity (Wildman–Crippen MR) is 441 cm³/mol. The fourth-order valence-electron chi connectivity index (χ4n) is 17.7. The van der Waals surface area contributed by atoms with Crippen LogP contribution >= 0.6 is 11.6 Å². The molecule has 4 aliphatic carbocycles. The molecule has 6 aromatic rings. The smallest absolute Gasteiger partial charge is 0.325 e. The van der Waals surface area contributed by atoms with Gasteiger partial charge in [0.1, 0.15) is 114 Å². The molecular formula is C86H106ClN13O22. The Labute approximate surface area is 708 Å². The van der Waals surface area contributed by atoms with E-state index in [0.29, 0.717) is 43.6 Å². The van der Waals surface area contributed by atoms with Crippen molar-refractivity contribution in [2.45, 2.75) is 184 Å². The van der Waals surface area contributed by atoms with Gasteiger partial charge < -0.3 is 129 Å². The molecule has 22 N–H and O–H groups in total. The van der Waals surface area contributed by atoms with Crippen LogP contribution in [0, 0.1) is 36.5 Å². The van der Waals surface area contributed by atoms with Crippen molar-refractivity contribution < 1.29 is 108 Å². The molecule has 6 heterocycles. The van der Waals surface area contributed by atoms with Crippen molar-refractivity contribution in [1.29, 1.82) is 0 Å². The summed E-state index contributed by atoms with van der Waals surface area (Å²) in [5.41, 5.74) is 5.26. The van der Waals surface area contributed by atoms with Gasteiger partial charge in [-0.15, -0.1) is 0 Å². The number of hydrogen-bond donors (Lipinski definition) is 21. The molecule has 122 heavy (non-hydrogen) atoms. The summed E-state index contributed by atoms with van der Waals surface area (Å²) in [5, 5.41) is 128. The number of carbonyl (C=O) groups is 9. The summed E-state index contributed by atoms with van der Waals surface area (Å²) in [7, 11) is 1.50. The van der Waals surface area contributed by atoms with Crippen LogP contribution in [-0.4, -0.2) is 201 Å². The first-order valence-electron chi connectivity index (χ1n) is 41.2. The van der Waals surface area contributed by atoms with E-state index in [4.69, 9.17) is 41.0 Å². The number of carbonyl (C=O) groups excluding carboxylic acids is 9. The highest BCUT2D eigenvalue weighted by atomic mass is 35.5. The Bertz CT molecular complexity index is 4910. The molecule has 16 rings (SSSR count). The Hall–Kier alpha value is -11.0. The summed E-state index contributed by atoms with van der Waals surface area (Å²) in [5.74, 6) is -12.3. The number of aliphatic hydroxyl groups is 5. The topological polar surface area (TPSA) is 532 Å². The molecule has 10 aliphatic rings. The molecule has 0 aromatic heterocycles. The molecule has 0 unspecified atom stereocenters. The van der Waals surface area contributed by atoms with Gasteiger partial charge in [-0.05, 0) is 214 Å². The highest BCUT2D eigenvalue weighted by Crippen LogP contribution is 2.55. The lowest BCUT2D eigenvalue weighted by Crippen LogP contribution is -2.60. The summed E-state index contributed by atoms with van der Waals surface area (Å²) in [4.78, 5) is 139. The van der Waals surface area contributed by atoms with Gasteiger partial charge in [0.25, 0.3) is 0 Å². The maximum Gasteiger partial charge on any atom is 0.325 e. The van der Waals surface area contributed by atoms with E-state index in [1.807, 2.05) is 27.7 Å². The molecule has 15 bridgehead atoms. The van der Waals surface area contributed by atoms with Gasteiger partial charge >= 0.3 is 6.03 Å². The fourth-order valence-corrected chi connectivity index (χ4v) is 17.9. The van der Waals surface area contributed by atoms with E-state index < -0.39 is 192 Å². The fraction of sp³-hybridized carbons (Fsp3) is 0.477. The summed E-state index contributed by atoms with van der Waals surface area (Å²) >= 11 is 7.22. The Morgan fingerprint density at radius 3 is 1.98 bits per heavy atom. The van der Waals surface area contributed by atoms with Crippen molar-refractivity contribution in [2.75, 3.05) is 51.7 Å². The normalized spacial score (nSPS) is 27.0. The summed E-state index contributed by atoms with van der Waals surface area (Å²) in [6, 6.07) is 4.68. The Morgan fingerprint density at radius 1 is 0.648 bits per heavy atom. The van der Waals surface area contributed by atoms with Crippen molar-refractivity contribution >= 4 is 70.6 Å². The van der Waals surface area contributed by atoms with Gasteiger partial charge in [0.05, 0.1) is 17.5 Å². The van der Waals surface area contributed by atoms with E-state index in [1.165, 1.54) is 50.4 Å². The van der Waals surface area contributed by atoms with Crippen LogP contribution < -0.4 is 88.5 Å². The molecule has 10 amide bonds. The third kappa shape index (κ3) is 19.9. The quantitative estimate of drug-likeness (QED) is 0.0406. The first-order valence-corrected chi connectivity index (χ1v) is 41.6. The van der Waals surface area contributed by atoms with Crippen LogP contribution in [0.5, 0.6) is 51.7 Å². The van der Waals surface area contributed by atoms with Crippen LogP contribution in [0.2, 0.25) is 5.02 Å². The number of imide groups is 1. The van der Waals surface area contributed by atoms with Gasteiger partial charge in [-0.1, -0.05) is 63.6 Å². The number of nitrogens with one attached hydrogen (secondary N) is 12. The number of aliphatic hydroxyl groups excluding tert-OH is 5. The van der Waals surface area contributed by atoms with Crippen molar-refractivity contribution in [2.24, 2.45) is 35.3 Å². The SMILES string of the molecule is CCNCCCc1ccc(NC(=O)NC(=O)C[C@@H]2NC(=O)[C@H](NC(=O)[C@@H](CC(C)C)NC)[C@H](O)c3ccc(c(C)c3)Oc3cc4cc(c3O[C@@H]3O[C@H](CN)[C@@H](O)[C@H](O)[C@H]3O)Oc3ccc(cc3Cl)[C@@H](O)[C@@H]3NC(=O)[C@H](NC(=O)[C@@H]4NC2=O)c2ccc(O)c(c2)-c2c(O)cc(O)cc2[C@@H](C(=O)NC2C4CC5CC(C4)CC2C5)NC3=O)cc1OCCNCC. The molecule has 1 saturated heterocycles. The van der Waals surface area contributed by atoms with Crippen LogP contribution in [0.15, 0.2) is 97.1 Å². The second-order valence-electron chi connectivity index (χ2n) is 32.7. The lowest BCUT2D eigenvalue weighted by atomic mass is 9.54. The number of halogens is 1. The zero-order valence-electron chi connectivity index (χ0n) is 68.1. The third-order valence-corrected chi connectivity index (χ3v) is 23.9. The minimum Gasteiger partial charge on any atom is -0.508 e. The molecule has 6 aromatic carbocycles. The number of phenols is 3. The van der Waals surface area contributed by atoms with Crippen LogP contribution in [0.25, 0.3) is 11.1 Å². The number of amides is 10. The van der Waals surface area contributed by atoms with Crippen LogP contribution in [0.4, 0.5) is 10.5 Å². The molecule has 36 heteroatoms. The molecule has 14 atom stereocenters. The minimum absolute atomic E-state index is 0.0419. The first-order chi connectivity index (χ1) is 58.4. The second-order valence-corrected chi connectivity index (χ2v) is 33.1. The molecule has 654 valence electrons. The van der Waals surface area contributed by atoms with E-state index >= 15 is 28.8 Å². The molecule has 35 nitrogen and oxygen atoms in total. The summed E-state index contributed by atoms with van der Waals surface area (Å²) in [6.45, 7) is 11.6. The third-order valence-electron chi connectivity index (χ3n) is 23.6. The van der Waals surface area contributed by atoms with Crippen molar-refractivity contribution in [3.8, 4) is 62.9 Å². The maximum atomic E-state index is 16.5. The van der Waals surface area contributed by atoms with E-state index in [9.17, 15) is 55.2 Å². The number of benzene rings is 6. The zero-order chi connectivity index (χ0) is 87.2. The highest BCUT2D eigenvalue weighted by Gasteiger charge is 2.51. The number of fused-ring (bicyclic) bond motifs is 15. The molecule has 6 aliphatic heterocycles. The van der Waals surface area contributed by atoms with Gasteiger partial charge in [0, 0.05) is 48.1 Å². The zero-order valence-corrected chi connectivity index (χ0v) is 68.9. The van der Waals surface area contributed by atoms with Gasteiger partial charge in [0.2, 0.25) is 59.3 Å². The molecule has 4 saturated carbocycles. The van der Waals surface area contributed by atoms with E-state index in [-0.39, 0.29) is 98.0 Å². The lowest BCUT2D eigenvalue weighted by molar-refractivity contribution is -0.270. The number of hydrogen-bond acceptors (Lipinski definition) is 26. The minimum atomic E-state index is -2.35. The number of urea groups is 1. The Balaban J connectivity index is 0.972. The van der Waals surface area contributed by atoms with Crippen molar-refractivity contribution in [1.82, 2.24) is 58.5 Å². The number of likely N-dealkylation sites (N-methyl/N-ethyl adjacent to an activating group) is 2. The summed E-state index contributed by atoms with van der Waals surface area (Å²) < 4.78 is 32.2. The average molecular weight is 1710 g/mol. The lowest BCUT2D eigenvalue weighted by Gasteiger charge is -2.54. The molecule has 5 fully saturated rings. The Kier molecular flexibility index (Phi) is 28.1. The Morgan fingerprint density at radius 2 is 1.30 bits per heavy atom. The number of rotatable bonds is 23. The van der Waals surface area contributed by atoms with Crippen molar-refractivity contribution in [3.05, 3.63) is 141 Å². The highest BCUT2D eigenvalue weighted by molar-refractivity contribution is 6.32. The predicted octanol–water partition coefficient (Wildman–Crippen LogP) is 3.74. The molecule has 0 spiro atoms. The number of aromatic hydroxyl groups is 3. The number of aryl methyl sites for hydroxylation is 2. The van der Waals surface area contributed by atoms with Crippen LogP contribution in [0.1, 0.15) is 148 Å². The number of anilines is 1. The first kappa shape index (κ1) is 88.8. The number of ether oxygens (including phenoxy) is 5. The number of phenolic OH excluding ortho intramolecular Hbond substituents is 3. The standard InChI is InChI=1S/C86H106ClN13O22/c1-7-90-19-9-10-42-11-15-49(33-60(42)118-21-20-91-8-2)92-86(117)94-64(104)36-55-79(111)96-68-48-31-61(119-58-17-13-44(23-39(58)5)72(105)70(83(115)93-55)99-78(110)54(89-6)22-38(3)4)77(122-85-76(109)75(108)74(107)63(37-88)121-85)62(32-48)120-59-18-14-45(30-53(59)87)73(106)71-84(116)98-69(82(114)95-66-46-25-40-24-41(27-46)28-47(66)26-40)52-34-50(101)35-57(103)65(52)51-29-43(12-16-56(51)102)67(80(112)100-71)97-81(68)113/h11-18,23,29-35,38,40-41,46-47,54-55,63,66-76,85,89-91,101-103,105-109H,7-10,19-22,24-28,36-37,88H2,1-6H3,(H,93,115)(H,95,114)(H,96,111)(H,97,113)(H,98,116)(H,99,110)(H,100,112)(H2,92,94,104,117)/t40?,41?,46?,47?,54-,55+,63-,66?,67-,68-,69+,70-,71+,72-,73-,74-,75+,76-,85+/m1/s1. The maximum absolute atomic E-state index is 16.5.